The highest BCUT2D eigenvalue weighted by Crippen LogP contribution is 2.20. The van der Waals surface area contributed by atoms with Crippen LogP contribution in [-0.4, -0.2) is 93.9 Å². The standard InChI is InChI=1S/C18H33N5O7/c1-10(25)14(20)16(27)21-11(5-2-3-7-19)17(28)23-8-4-6-13(23)15(26)22-12(9-24)18(29)30/h10-14,24-25H,2-9,19-20H2,1H3,(H,21,27)(H,22,26)(H,29,30). The van der Waals surface area contributed by atoms with E-state index < -0.39 is 60.6 Å². The van der Waals surface area contributed by atoms with Gasteiger partial charge in [-0.1, -0.05) is 0 Å². The summed E-state index contributed by atoms with van der Waals surface area (Å²) in [5, 5.41) is 32.4. The van der Waals surface area contributed by atoms with Crippen LogP contribution in [-0.2, 0) is 19.2 Å². The average molecular weight is 431 g/mol. The Kier molecular flexibility index (Phi) is 10.7. The van der Waals surface area contributed by atoms with E-state index in [1.165, 1.54) is 11.8 Å². The van der Waals surface area contributed by atoms with Crippen LogP contribution in [0, 0.1) is 0 Å². The zero-order valence-electron chi connectivity index (χ0n) is 17.1. The molecule has 1 aliphatic heterocycles. The number of nitrogens with one attached hydrogen (secondary N) is 2. The van der Waals surface area contributed by atoms with E-state index in [-0.39, 0.29) is 13.0 Å². The minimum atomic E-state index is -1.47. The van der Waals surface area contributed by atoms with E-state index in [1.54, 1.807) is 0 Å². The molecular weight excluding hydrogens is 398 g/mol. The molecule has 0 aromatic carbocycles. The second-order valence-corrected chi connectivity index (χ2v) is 7.38. The lowest BCUT2D eigenvalue weighted by atomic mass is 10.1. The van der Waals surface area contributed by atoms with Crippen LogP contribution in [0.1, 0.15) is 39.0 Å². The first-order chi connectivity index (χ1) is 14.1. The van der Waals surface area contributed by atoms with Crippen LogP contribution in [0.2, 0.25) is 0 Å². The Hall–Kier alpha value is -2.28. The molecule has 0 aromatic rings. The molecule has 12 nitrogen and oxygen atoms in total. The largest absolute Gasteiger partial charge is 0.480 e. The highest BCUT2D eigenvalue weighted by atomic mass is 16.4. The molecule has 3 amide bonds. The van der Waals surface area contributed by atoms with Crippen LogP contribution in [0.5, 0.6) is 0 Å². The van der Waals surface area contributed by atoms with Crippen molar-refractivity contribution in [2.45, 2.75) is 69.3 Å². The number of nitrogens with two attached hydrogens (primary N) is 2. The average Bonchev–Trinajstić information content (AvgIpc) is 3.19. The molecule has 172 valence electrons. The number of aliphatic hydroxyl groups excluding tert-OH is 2. The Bertz CT molecular complexity index is 616. The fourth-order valence-electron chi connectivity index (χ4n) is 3.19. The van der Waals surface area contributed by atoms with E-state index in [9.17, 15) is 24.3 Å². The van der Waals surface area contributed by atoms with Gasteiger partial charge in [-0.25, -0.2) is 4.79 Å². The van der Waals surface area contributed by atoms with Gasteiger partial charge in [-0.05, 0) is 45.6 Å². The monoisotopic (exact) mass is 431 g/mol. The van der Waals surface area contributed by atoms with Crippen molar-refractivity contribution in [3.63, 3.8) is 0 Å². The third kappa shape index (κ3) is 7.20. The maximum atomic E-state index is 13.1. The number of rotatable bonds is 12. The lowest BCUT2D eigenvalue weighted by Gasteiger charge is -2.30. The van der Waals surface area contributed by atoms with E-state index in [4.69, 9.17) is 21.7 Å². The van der Waals surface area contributed by atoms with Crippen LogP contribution >= 0.6 is 0 Å². The van der Waals surface area contributed by atoms with Gasteiger partial charge in [0, 0.05) is 6.54 Å². The summed E-state index contributed by atoms with van der Waals surface area (Å²) in [4.78, 5) is 50.2. The third-order valence-electron chi connectivity index (χ3n) is 5.02. The van der Waals surface area contributed by atoms with Gasteiger partial charge in [-0.2, -0.15) is 0 Å². The van der Waals surface area contributed by atoms with E-state index >= 15 is 0 Å². The maximum absolute atomic E-state index is 13.1. The van der Waals surface area contributed by atoms with Gasteiger partial charge < -0.3 is 42.3 Å². The molecule has 5 atom stereocenters. The summed E-state index contributed by atoms with van der Waals surface area (Å²) in [6, 6.07) is -4.56. The molecule has 1 fully saturated rings. The van der Waals surface area contributed by atoms with E-state index in [0.717, 1.165) is 0 Å². The summed E-state index contributed by atoms with van der Waals surface area (Å²) in [6.45, 7) is 1.25. The molecule has 1 saturated heterocycles. The first kappa shape index (κ1) is 25.8. The van der Waals surface area contributed by atoms with Crippen molar-refractivity contribution in [1.29, 1.82) is 0 Å². The second-order valence-electron chi connectivity index (χ2n) is 7.38. The number of carbonyl (C=O) groups is 4. The SMILES string of the molecule is CC(O)C(N)C(=O)NC(CCCCN)C(=O)N1CCCC1C(=O)NC(CO)C(=O)O. The highest BCUT2D eigenvalue weighted by Gasteiger charge is 2.39. The Morgan fingerprint density at radius 1 is 1.17 bits per heavy atom. The topological polar surface area (TPSA) is 208 Å². The Morgan fingerprint density at radius 2 is 1.83 bits per heavy atom. The molecule has 0 aromatic heterocycles. The maximum Gasteiger partial charge on any atom is 0.328 e. The Balaban J connectivity index is 2.92. The van der Waals surface area contributed by atoms with Crippen molar-refractivity contribution in [1.82, 2.24) is 15.5 Å². The number of carbonyl (C=O) groups excluding carboxylic acids is 3. The van der Waals surface area contributed by atoms with Crippen molar-refractivity contribution in [2.75, 3.05) is 19.7 Å². The number of aliphatic hydroxyl groups is 2. The quantitative estimate of drug-likeness (QED) is 0.155. The first-order valence-electron chi connectivity index (χ1n) is 10.0. The van der Waals surface area contributed by atoms with Crippen molar-refractivity contribution < 1.29 is 34.5 Å². The Morgan fingerprint density at radius 3 is 2.37 bits per heavy atom. The normalized spacial score (nSPS) is 20.2. The van der Waals surface area contributed by atoms with Crippen molar-refractivity contribution >= 4 is 23.7 Å². The number of aliphatic carboxylic acids is 1. The van der Waals surface area contributed by atoms with Crippen molar-refractivity contribution in [3.8, 4) is 0 Å². The second kappa shape index (κ2) is 12.4. The zero-order valence-corrected chi connectivity index (χ0v) is 17.1. The molecule has 1 rings (SSSR count). The fraction of sp³-hybridized carbons (Fsp3) is 0.778. The molecule has 9 N–H and O–H groups in total. The number of unbranched alkanes of at least 4 members (excludes halogenated alkanes) is 1. The van der Waals surface area contributed by atoms with Gasteiger partial charge in [0.15, 0.2) is 0 Å². The number of nitrogens with zero attached hydrogens (tertiary/aromatic N) is 1. The van der Waals surface area contributed by atoms with Gasteiger partial charge >= 0.3 is 5.97 Å². The number of carboxylic acid groups (broad SMARTS) is 1. The van der Waals surface area contributed by atoms with Crippen LogP contribution < -0.4 is 22.1 Å². The molecule has 0 saturated carbocycles. The van der Waals surface area contributed by atoms with Gasteiger partial charge in [-0.3, -0.25) is 14.4 Å². The smallest absolute Gasteiger partial charge is 0.328 e. The van der Waals surface area contributed by atoms with E-state index in [1.807, 2.05) is 0 Å². The molecule has 0 bridgehead atoms. The number of amides is 3. The molecule has 12 heteroatoms. The molecule has 5 unspecified atom stereocenters. The molecule has 0 aliphatic carbocycles. The first-order valence-corrected chi connectivity index (χ1v) is 10.0. The summed E-state index contributed by atoms with van der Waals surface area (Å²) in [6.07, 6.45) is 1.19. The van der Waals surface area contributed by atoms with Crippen molar-refractivity contribution in [2.24, 2.45) is 11.5 Å². The highest BCUT2D eigenvalue weighted by molar-refractivity contribution is 5.94. The summed E-state index contributed by atoms with van der Waals surface area (Å²) in [7, 11) is 0. The molecule has 1 aliphatic rings. The minimum absolute atomic E-state index is 0.263. The number of likely N-dealkylation sites (tertiary alicyclic amines) is 1. The van der Waals surface area contributed by atoms with Gasteiger partial charge in [0.2, 0.25) is 17.7 Å². The van der Waals surface area contributed by atoms with E-state index in [0.29, 0.717) is 32.2 Å². The van der Waals surface area contributed by atoms with Gasteiger partial charge in [0.1, 0.15) is 24.2 Å². The van der Waals surface area contributed by atoms with Crippen LogP contribution in [0.15, 0.2) is 0 Å². The fourth-order valence-corrected chi connectivity index (χ4v) is 3.19. The number of hydrogen-bond acceptors (Lipinski definition) is 8. The predicted molar refractivity (Wildman–Crippen MR) is 106 cm³/mol. The zero-order chi connectivity index (χ0) is 22.8. The molecular formula is C18H33N5O7. The van der Waals surface area contributed by atoms with Gasteiger partial charge in [0.05, 0.1) is 12.7 Å². The van der Waals surface area contributed by atoms with Crippen molar-refractivity contribution in [3.05, 3.63) is 0 Å². The molecule has 0 radical (unpaired) electrons. The lowest BCUT2D eigenvalue weighted by molar-refractivity contribution is -0.145. The van der Waals surface area contributed by atoms with Crippen LogP contribution in [0.25, 0.3) is 0 Å². The number of hydrogen-bond donors (Lipinski definition) is 7. The summed E-state index contributed by atoms with van der Waals surface area (Å²) in [5.74, 6) is -3.26. The summed E-state index contributed by atoms with van der Waals surface area (Å²) >= 11 is 0. The lowest BCUT2D eigenvalue weighted by Crippen LogP contribution is -2.58. The third-order valence-corrected chi connectivity index (χ3v) is 5.02. The minimum Gasteiger partial charge on any atom is -0.480 e. The molecule has 1 heterocycles. The van der Waals surface area contributed by atoms with Gasteiger partial charge in [-0.15, -0.1) is 0 Å². The van der Waals surface area contributed by atoms with Crippen LogP contribution in [0.3, 0.4) is 0 Å². The molecule has 30 heavy (non-hydrogen) atoms. The van der Waals surface area contributed by atoms with Gasteiger partial charge in [0.25, 0.3) is 0 Å². The van der Waals surface area contributed by atoms with Crippen LogP contribution in [0.4, 0.5) is 0 Å². The summed E-state index contributed by atoms with van der Waals surface area (Å²) < 4.78 is 0. The Labute approximate surface area is 175 Å². The summed E-state index contributed by atoms with van der Waals surface area (Å²) in [5.41, 5.74) is 11.1. The predicted octanol–water partition coefficient (Wildman–Crippen LogP) is -3.14. The van der Waals surface area contributed by atoms with E-state index in [2.05, 4.69) is 10.6 Å². The number of carboxylic acids is 1. The molecule has 0 spiro atoms.